The zero-order valence-corrected chi connectivity index (χ0v) is 15.6. The van der Waals surface area contributed by atoms with E-state index in [4.69, 9.17) is 9.47 Å². The summed E-state index contributed by atoms with van der Waals surface area (Å²) in [7, 11) is 0. The first kappa shape index (κ1) is 18.0. The Morgan fingerprint density at radius 3 is 2.71 bits per heavy atom. The molecule has 142 valence electrons. The van der Waals surface area contributed by atoms with E-state index in [0.29, 0.717) is 35.2 Å². The van der Waals surface area contributed by atoms with E-state index >= 15 is 0 Å². The lowest BCUT2D eigenvalue weighted by Gasteiger charge is -2.04. The summed E-state index contributed by atoms with van der Waals surface area (Å²) in [6, 6.07) is 14.9. The Morgan fingerprint density at radius 1 is 1.04 bits per heavy atom. The molecule has 2 aromatic carbocycles. The van der Waals surface area contributed by atoms with Crippen molar-refractivity contribution < 1.29 is 19.1 Å². The summed E-state index contributed by atoms with van der Waals surface area (Å²) in [5.74, 6) is 0.732. The number of aromatic nitrogens is 1. The summed E-state index contributed by atoms with van der Waals surface area (Å²) in [5, 5.41) is 7.50. The summed E-state index contributed by atoms with van der Waals surface area (Å²) >= 11 is 1.21. The molecular formula is C20H17N3O4S. The Kier molecular flexibility index (Phi) is 5.20. The first-order valence-corrected chi connectivity index (χ1v) is 9.56. The highest BCUT2D eigenvalue weighted by Crippen LogP contribution is 2.34. The SMILES string of the molecule is O=C(CCc1ccccc1)Nc1nc(C(=O)Nc2ccc3c(c2)OCO3)cs1. The van der Waals surface area contributed by atoms with Crippen LogP contribution in [0.25, 0.3) is 0 Å². The summed E-state index contributed by atoms with van der Waals surface area (Å²) in [6.45, 7) is 0.173. The fourth-order valence-electron chi connectivity index (χ4n) is 2.69. The van der Waals surface area contributed by atoms with Gasteiger partial charge in [-0.15, -0.1) is 11.3 Å². The quantitative estimate of drug-likeness (QED) is 0.664. The van der Waals surface area contributed by atoms with E-state index < -0.39 is 0 Å². The summed E-state index contributed by atoms with van der Waals surface area (Å²) in [4.78, 5) is 28.7. The largest absolute Gasteiger partial charge is 0.454 e. The zero-order valence-electron chi connectivity index (χ0n) is 14.8. The summed E-state index contributed by atoms with van der Waals surface area (Å²) < 4.78 is 10.5. The van der Waals surface area contributed by atoms with Crippen molar-refractivity contribution in [3.63, 3.8) is 0 Å². The molecule has 1 aromatic heterocycles. The Morgan fingerprint density at radius 2 is 1.86 bits per heavy atom. The van der Waals surface area contributed by atoms with Gasteiger partial charge in [0.1, 0.15) is 5.69 Å². The highest BCUT2D eigenvalue weighted by molar-refractivity contribution is 7.14. The van der Waals surface area contributed by atoms with E-state index in [9.17, 15) is 9.59 Å². The first-order chi connectivity index (χ1) is 13.7. The number of amides is 2. The third-order valence-electron chi connectivity index (χ3n) is 4.10. The molecule has 28 heavy (non-hydrogen) atoms. The van der Waals surface area contributed by atoms with Crippen LogP contribution >= 0.6 is 11.3 Å². The van der Waals surface area contributed by atoms with Crippen LogP contribution in [-0.4, -0.2) is 23.6 Å². The molecular weight excluding hydrogens is 378 g/mol. The Bertz CT molecular complexity index is 1000. The Labute approximate surface area is 165 Å². The minimum Gasteiger partial charge on any atom is -0.454 e. The molecule has 1 aliphatic rings. The molecule has 2 N–H and O–H groups in total. The molecule has 0 atom stereocenters. The number of carbonyl (C=O) groups is 2. The predicted molar refractivity (Wildman–Crippen MR) is 106 cm³/mol. The van der Waals surface area contributed by atoms with Crippen LogP contribution in [0.3, 0.4) is 0 Å². The van der Waals surface area contributed by atoms with Crippen LogP contribution in [0.5, 0.6) is 11.5 Å². The van der Waals surface area contributed by atoms with Gasteiger partial charge in [-0.25, -0.2) is 4.98 Å². The second kappa shape index (κ2) is 8.10. The first-order valence-electron chi connectivity index (χ1n) is 8.68. The molecule has 2 heterocycles. The van der Waals surface area contributed by atoms with Gasteiger partial charge < -0.3 is 20.1 Å². The minimum atomic E-state index is -0.361. The maximum absolute atomic E-state index is 12.4. The van der Waals surface area contributed by atoms with Crippen LogP contribution in [0.1, 0.15) is 22.5 Å². The van der Waals surface area contributed by atoms with Gasteiger partial charge in [0.2, 0.25) is 12.7 Å². The smallest absolute Gasteiger partial charge is 0.275 e. The van der Waals surface area contributed by atoms with Crippen LogP contribution in [0.15, 0.2) is 53.9 Å². The van der Waals surface area contributed by atoms with E-state index in [0.717, 1.165) is 5.56 Å². The highest BCUT2D eigenvalue weighted by Gasteiger charge is 2.16. The van der Waals surface area contributed by atoms with Gasteiger partial charge in [-0.05, 0) is 24.1 Å². The van der Waals surface area contributed by atoms with Gasteiger partial charge in [0.25, 0.3) is 5.91 Å². The predicted octanol–water partition coefficient (Wildman–Crippen LogP) is 3.70. The van der Waals surface area contributed by atoms with Crippen molar-refractivity contribution in [3.8, 4) is 11.5 Å². The molecule has 1 aliphatic heterocycles. The van der Waals surface area contributed by atoms with Crippen molar-refractivity contribution >= 4 is 34.0 Å². The van der Waals surface area contributed by atoms with Gasteiger partial charge in [0, 0.05) is 23.6 Å². The number of benzene rings is 2. The molecule has 7 nitrogen and oxygen atoms in total. The molecule has 0 saturated heterocycles. The minimum absolute atomic E-state index is 0.138. The highest BCUT2D eigenvalue weighted by atomic mass is 32.1. The van der Waals surface area contributed by atoms with Crippen molar-refractivity contribution in [2.45, 2.75) is 12.8 Å². The number of anilines is 2. The molecule has 0 aliphatic carbocycles. The number of fused-ring (bicyclic) bond motifs is 1. The van der Waals surface area contributed by atoms with Gasteiger partial charge in [0.05, 0.1) is 0 Å². The number of rotatable bonds is 6. The molecule has 0 bridgehead atoms. The number of thiazole rings is 1. The van der Waals surface area contributed by atoms with Crippen LogP contribution < -0.4 is 20.1 Å². The van der Waals surface area contributed by atoms with Gasteiger partial charge >= 0.3 is 0 Å². The second-order valence-electron chi connectivity index (χ2n) is 6.09. The lowest BCUT2D eigenvalue weighted by atomic mass is 10.1. The third-order valence-corrected chi connectivity index (χ3v) is 4.85. The fraction of sp³-hybridized carbons (Fsp3) is 0.150. The fourth-order valence-corrected chi connectivity index (χ4v) is 3.40. The monoisotopic (exact) mass is 395 g/mol. The van der Waals surface area contributed by atoms with E-state index in [1.54, 1.807) is 23.6 Å². The van der Waals surface area contributed by atoms with Gasteiger partial charge in [-0.2, -0.15) is 0 Å². The number of nitrogens with one attached hydrogen (secondary N) is 2. The maximum atomic E-state index is 12.4. The standard InChI is InChI=1S/C20H17N3O4S/c24-18(9-6-13-4-2-1-3-5-13)23-20-22-15(11-28-20)19(25)21-14-7-8-16-17(10-14)27-12-26-16/h1-5,7-8,10-11H,6,9,12H2,(H,21,25)(H,22,23,24). The van der Waals surface area contributed by atoms with Crippen LogP contribution in [0, 0.1) is 0 Å². The van der Waals surface area contributed by atoms with Gasteiger partial charge in [-0.3, -0.25) is 9.59 Å². The molecule has 4 rings (SSSR count). The van der Waals surface area contributed by atoms with Gasteiger partial charge in [0.15, 0.2) is 16.6 Å². The third kappa shape index (κ3) is 4.29. The summed E-state index contributed by atoms with van der Waals surface area (Å²) in [5.41, 5.74) is 1.91. The molecule has 0 saturated carbocycles. The second-order valence-corrected chi connectivity index (χ2v) is 6.95. The van der Waals surface area contributed by atoms with E-state index in [1.807, 2.05) is 30.3 Å². The number of carbonyl (C=O) groups excluding carboxylic acids is 2. The molecule has 3 aromatic rings. The van der Waals surface area contributed by atoms with Crippen molar-refractivity contribution in [2.24, 2.45) is 0 Å². The normalized spacial score (nSPS) is 11.9. The van der Waals surface area contributed by atoms with Crippen LogP contribution in [-0.2, 0) is 11.2 Å². The van der Waals surface area contributed by atoms with E-state index in [1.165, 1.54) is 11.3 Å². The van der Waals surface area contributed by atoms with Crippen LogP contribution in [0.2, 0.25) is 0 Å². The zero-order chi connectivity index (χ0) is 19.3. The van der Waals surface area contributed by atoms with E-state index in [2.05, 4.69) is 15.6 Å². The molecule has 8 heteroatoms. The molecule has 0 radical (unpaired) electrons. The number of hydrogen-bond donors (Lipinski definition) is 2. The van der Waals surface area contributed by atoms with E-state index in [-0.39, 0.29) is 24.3 Å². The summed E-state index contributed by atoms with van der Waals surface area (Å²) in [6.07, 6.45) is 0.998. The number of aryl methyl sites for hydroxylation is 1. The van der Waals surface area contributed by atoms with Crippen molar-refractivity contribution in [3.05, 3.63) is 65.2 Å². The Hall–Kier alpha value is -3.39. The molecule has 2 amide bonds. The van der Waals surface area contributed by atoms with Crippen molar-refractivity contribution in [1.29, 1.82) is 0 Å². The average molecular weight is 395 g/mol. The van der Waals surface area contributed by atoms with Crippen molar-refractivity contribution in [1.82, 2.24) is 4.98 Å². The maximum Gasteiger partial charge on any atom is 0.275 e. The number of hydrogen-bond acceptors (Lipinski definition) is 6. The Balaban J connectivity index is 1.32. The van der Waals surface area contributed by atoms with Crippen molar-refractivity contribution in [2.75, 3.05) is 17.4 Å². The topological polar surface area (TPSA) is 89.6 Å². The van der Waals surface area contributed by atoms with Gasteiger partial charge in [-0.1, -0.05) is 30.3 Å². The molecule has 0 unspecified atom stereocenters. The average Bonchev–Trinajstić information content (AvgIpc) is 3.36. The number of nitrogens with zero attached hydrogens (tertiary/aromatic N) is 1. The lowest BCUT2D eigenvalue weighted by molar-refractivity contribution is -0.116. The molecule has 0 fully saturated rings. The number of ether oxygens (including phenoxy) is 2. The lowest BCUT2D eigenvalue weighted by Crippen LogP contribution is -2.14. The molecule has 0 spiro atoms. The van der Waals surface area contributed by atoms with Crippen LogP contribution in [0.4, 0.5) is 10.8 Å².